The van der Waals surface area contributed by atoms with Crippen LogP contribution in [0.25, 0.3) is 0 Å². The van der Waals surface area contributed by atoms with E-state index in [2.05, 4.69) is 10.5 Å². The summed E-state index contributed by atoms with van der Waals surface area (Å²) in [6.07, 6.45) is 0.105. The number of nitrogens with one attached hydrogen (secondary N) is 1. The fourth-order valence-electron chi connectivity index (χ4n) is 1.56. The first kappa shape index (κ1) is 14.7. The maximum absolute atomic E-state index is 11.7. The number of methoxy groups -OCH3 is 1. The van der Waals surface area contributed by atoms with Crippen LogP contribution in [-0.2, 0) is 11.3 Å². The molecule has 18 heavy (non-hydrogen) atoms. The molecule has 1 aromatic rings. The molecule has 6 nitrogen and oxygen atoms in total. The first-order valence-electron chi connectivity index (χ1n) is 5.93. The largest absolute Gasteiger partial charge is 0.391 e. The molecule has 0 spiro atoms. The summed E-state index contributed by atoms with van der Waals surface area (Å²) in [7, 11) is 1.53. The van der Waals surface area contributed by atoms with E-state index < -0.39 is 6.10 Å². The molecule has 0 bridgehead atoms. The lowest BCUT2D eigenvalue weighted by Gasteiger charge is -2.12. The standard InChI is InChI=1S/C12H20N2O4/c1-8(2)4-9(15)6-13-12(16)11-5-10(7-17-3)18-14-11/h5,8-9,15H,4,6-7H2,1-3H3,(H,13,16). The van der Waals surface area contributed by atoms with Crippen LogP contribution in [0.4, 0.5) is 0 Å². The van der Waals surface area contributed by atoms with E-state index in [1.807, 2.05) is 13.8 Å². The molecule has 0 aromatic carbocycles. The van der Waals surface area contributed by atoms with Crippen LogP contribution in [0, 0.1) is 5.92 Å². The fourth-order valence-corrected chi connectivity index (χ4v) is 1.56. The number of nitrogens with zero attached hydrogens (tertiary/aromatic N) is 1. The molecule has 0 aliphatic heterocycles. The third-order valence-corrected chi connectivity index (χ3v) is 2.32. The molecule has 0 aliphatic rings. The van der Waals surface area contributed by atoms with Crippen molar-refractivity contribution >= 4 is 5.91 Å². The van der Waals surface area contributed by atoms with Gasteiger partial charge in [-0.2, -0.15) is 0 Å². The van der Waals surface area contributed by atoms with Crippen LogP contribution in [0.2, 0.25) is 0 Å². The highest BCUT2D eigenvalue weighted by molar-refractivity contribution is 5.92. The molecule has 1 atom stereocenters. The Kier molecular flexibility index (Phi) is 5.80. The second-order valence-corrected chi connectivity index (χ2v) is 4.60. The molecule has 1 amide bonds. The molecule has 0 saturated heterocycles. The van der Waals surface area contributed by atoms with Crippen LogP contribution < -0.4 is 5.32 Å². The zero-order valence-electron chi connectivity index (χ0n) is 11.0. The molecular weight excluding hydrogens is 236 g/mol. The minimum atomic E-state index is -0.542. The van der Waals surface area contributed by atoms with E-state index >= 15 is 0 Å². The predicted molar refractivity (Wildman–Crippen MR) is 65.0 cm³/mol. The normalized spacial score (nSPS) is 12.7. The number of aromatic nitrogens is 1. The SMILES string of the molecule is COCc1cc(C(=O)NCC(O)CC(C)C)no1. The predicted octanol–water partition coefficient (Wildman–Crippen LogP) is 0.958. The summed E-state index contributed by atoms with van der Waals surface area (Å²) in [6, 6.07) is 1.52. The Morgan fingerprint density at radius 3 is 2.94 bits per heavy atom. The fraction of sp³-hybridized carbons (Fsp3) is 0.667. The van der Waals surface area contributed by atoms with Crippen LogP contribution >= 0.6 is 0 Å². The highest BCUT2D eigenvalue weighted by Gasteiger charge is 2.14. The Morgan fingerprint density at radius 1 is 1.61 bits per heavy atom. The number of carbonyl (C=O) groups is 1. The molecule has 1 rings (SSSR count). The lowest BCUT2D eigenvalue weighted by Crippen LogP contribution is -2.32. The van der Waals surface area contributed by atoms with Crippen molar-refractivity contribution in [2.24, 2.45) is 5.92 Å². The Hall–Kier alpha value is -1.40. The van der Waals surface area contributed by atoms with E-state index in [1.54, 1.807) is 0 Å². The Balaban J connectivity index is 2.40. The highest BCUT2D eigenvalue weighted by atomic mass is 16.5. The van der Waals surface area contributed by atoms with Gasteiger partial charge in [-0.1, -0.05) is 19.0 Å². The summed E-state index contributed by atoms with van der Waals surface area (Å²) in [5.74, 6) is 0.520. The summed E-state index contributed by atoms with van der Waals surface area (Å²) < 4.78 is 9.76. The molecule has 1 heterocycles. The number of rotatable bonds is 7. The number of hydrogen-bond acceptors (Lipinski definition) is 5. The van der Waals surface area contributed by atoms with Gasteiger partial charge in [0.05, 0.1) is 6.10 Å². The van der Waals surface area contributed by atoms with Crippen molar-refractivity contribution in [3.05, 3.63) is 17.5 Å². The van der Waals surface area contributed by atoms with E-state index in [0.29, 0.717) is 18.1 Å². The minimum Gasteiger partial charge on any atom is -0.391 e. The van der Waals surface area contributed by atoms with Crippen molar-refractivity contribution in [3.8, 4) is 0 Å². The van der Waals surface area contributed by atoms with Crippen molar-refractivity contribution < 1.29 is 19.2 Å². The van der Waals surface area contributed by atoms with Gasteiger partial charge in [0.1, 0.15) is 6.61 Å². The van der Waals surface area contributed by atoms with Gasteiger partial charge in [0.25, 0.3) is 5.91 Å². The second-order valence-electron chi connectivity index (χ2n) is 4.60. The van der Waals surface area contributed by atoms with Crippen LogP contribution in [0.5, 0.6) is 0 Å². The van der Waals surface area contributed by atoms with Crippen molar-refractivity contribution in [2.45, 2.75) is 33.0 Å². The van der Waals surface area contributed by atoms with Gasteiger partial charge >= 0.3 is 0 Å². The van der Waals surface area contributed by atoms with E-state index in [1.165, 1.54) is 13.2 Å². The van der Waals surface area contributed by atoms with E-state index in [9.17, 15) is 9.90 Å². The topological polar surface area (TPSA) is 84.6 Å². The average Bonchev–Trinajstić information content (AvgIpc) is 2.74. The molecule has 0 aliphatic carbocycles. The maximum atomic E-state index is 11.7. The number of carbonyl (C=O) groups excluding carboxylic acids is 1. The number of ether oxygens (including phenoxy) is 1. The Bertz CT molecular complexity index is 376. The number of aliphatic hydroxyl groups excluding tert-OH is 1. The monoisotopic (exact) mass is 256 g/mol. The van der Waals surface area contributed by atoms with Crippen molar-refractivity contribution in [1.29, 1.82) is 0 Å². The van der Waals surface area contributed by atoms with Crippen molar-refractivity contribution in [1.82, 2.24) is 10.5 Å². The van der Waals surface area contributed by atoms with E-state index in [0.717, 1.165) is 0 Å². The quantitative estimate of drug-likeness (QED) is 0.759. The smallest absolute Gasteiger partial charge is 0.273 e. The van der Waals surface area contributed by atoms with Crippen LogP contribution in [-0.4, -0.2) is 35.9 Å². The molecule has 6 heteroatoms. The zero-order chi connectivity index (χ0) is 13.5. The maximum Gasteiger partial charge on any atom is 0.273 e. The first-order valence-corrected chi connectivity index (χ1v) is 5.93. The Morgan fingerprint density at radius 2 is 2.33 bits per heavy atom. The molecular formula is C12H20N2O4. The third-order valence-electron chi connectivity index (χ3n) is 2.32. The third kappa shape index (κ3) is 4.85. The van der Waals surface area contributed by atoms with E-state index in [4.69, 9.17) is 9.26 Å². The summed E-state index contributed by atoms with van der Waals surface area (Å²) in [5.41, 5.74) is 0.193. The summed E-state index contributed by atoms with van der Waals surface area (Å²) >= 11 is 0. The number of aliphatic hydroxyl groups is 1. The molecule has 1 aromatic heterocycles. The number of hydrogen-bond donors (Lipinski definition) is 2. The van der Waals surface area contributed by atoms with Crippen LogP contribution in [0.1, 0.15) is 36.5 Å². The lowest BCUT2D eigenvalue weighted by atomic mass is 10.1. The zero-order valence-corrected chi connectivity index (χ0v) is 11.0. The molecule has 1 unspecified atom stereocenters. The van der Waals surface area contributed by atoms with Gasteiger partial charge in [0, 0.05) is 19.7 Å². The molecule has 0 fully saturated rings. The number of amides is 1. The van der Waals surface area contributed by atoms with Gasteiger partial charge in [-0.15, -0.1) is 0 Å². The van der Waals surface area contributed by atoms with Crippen molar-refractivity contribution in [2.75, 3.05) is 13.7 Å². The van der Waals surface area contributed by atoms with Gasteiger partial charge in [0.15, 0.2) is 11.5 Å². The highest BCUT2D eigenvalue weighted by Crippen LogP contribution is 2.06. The Labute approximate surface area is 106 Å². The van der Waals surface area contributed by atoms with Gasteiger partial charge in [-0.05, 0) is 12.3 Å². The van der Waals surface area contributed by atoms with Gasteiger partial charge in [-0.25, -0.2) is 0 Å². The molecule has 2 N–H and O–H groups in total. The van der Waals surface area contributed by atoms with Gasteiger partial charge in [0.2, 0.25) is 0 Å². The average molecular weight is 256 g/mol. The molecule has 102 valence electrons. The summed E-state index contributed by atoms with van der Waals surface area (Å²) in [4.78, 5) is 11.7. The molecule has 0 saturated carbocycles. The lowest BCUT2D eigenvalue weighted by molar-refractivity contribution is 0.0891. The summed E-state index contributed by atoms with van der Waals surface area (Å²) in [6.45, 7) is 4.51. The van der Waals surface area contributed by atoms with Gasteiger partial charge < -0.3 is 19.7 Å². The van der Waals surface area contributed by atoms with Crippen LogP contribution in [0.15, 0.2) is 10.6 Å². The van der Waals surface area contributed by atoms with Crippen molar-refractivity contribution in [3.63, 3.8) is 0 Å². The van der Waals surface area contributed by atoms with Gasteiger partial charge in [-0.3, -0.25) is 4.79 Å². The minimum absolute atomic E-state index is 0.193. The first-order chi connectivity index (χ1) is 8.52. The summed E-state index contributed by atoms with van der Waals surface area (Å²) in [5, 5.41) is 15.9. The molecule has 0 radical (unpaired) electrons. The van der Waals surface area contributed by atoms with Crippen LogP contribution in [0.3, 0.4) is 0 Å². The van der Waals surface area contributed by atoms with E-state index in [-0.39, 0.29) is 24.8 Å². The second kappa shape index (κ2) is 7.13.